The molecule has 0 saturated heterocycles. The van der Waals surface area contributed by atoms with Gasteiger partial charge in [0.2, 0.25) is 0 Å². The van der Waals surface area contributed by atoms with Crippen LogP contribution in [0.2, 0.25) is 0 Å². The van der Waals surface area contributed by atoms with E-state index in [1.807, 2.05) is 0 Å². The van der Waals surface area contributed by atoms with E-state index < -0.39 is 23.8 Å². The average Bonchev–Trinajstić information content (AvgIpc) is 2.48. The van der Waals surface area contributed by atoms with Crippen LogP contribution in [0.15, 0.2) is 10.8 Å². The van der Waals surface area contributed by atoms with Crippen molar-refractivity contribution in [1.29, 1.82) is 0 Å². The summed E-state index contributed by atoms with van der Waals surface area (Å²) in [6.07, 6.45) is -4.62. The Kier molecular flexibility index (Phi) is 2.81. The number of aromatic carboxylic acids is 1. The van der Waals surface area contributed by atoms with Gasteiger partial charge < -0.3 is 10.8 Å². The normalized spacial score (nSPS) is 14.0. The fraction of sp³-hybridized carbons (Fsp3) is 0.286. The highest BCUT2D eigenvalue weighted by atomic mass is 32.1. The second kappa shape index (κ2) is 3.58. The smallest absolute Gasteiger partial charge is 0.407 e. The van der Waals surface area contributed by atoms with Crippen LogP contribution in [0.1, 0.15) is 22.0 Å². The molecule has 7 heteroatoms. The average molecular weight is 225 g/mol. The van der Waals surface area contributed by atoms with Gasteiger partial charge in [-0.1, -0.05) is 0 Å². The van der Waals surface area contributed by atoms with E-state index in [0.29, 0.717) is 0 Å². The summed E-state index contributed by atoms with van der Waals surface area (Å²) in [5.74, 6) is -1.40. The number of carboxylic acids is 1. The molecule has 1 rings (SSSR count). The minimum atomic E-state index is -4.62. The number of halogens is 3. The molecule has 0 radical (unpaired) electrons. The lowest BCUT2D eigenvalue weighted by atomic mass is 10.1. The van der Waals surface area contributed by atoms with E-state index in [1.54, 1.807) is 0 Å². The Morgan fingerprint density at radius 3 is 2.50 bits per heavy atom. The zero-order valence-electron chi connectivity index (χ0n) is 6.71. The summed E-state index contributed by atoms with van der Waals surface area (Å²) < 4.78 is 36.4. The van der Waals surface area contributed by atoms with Crippen molar-refractivity contribution in [3.05, 3.63) is 21.9 Å². The largest absolute Gasteiger partial charge is 0.478 e. The maximum Gasteiger partial charge on any atom is 0.407 e. The van der Waals surface area contributed by atoms with Gasteiger partial charge in [-0.05, 0) is 5.38 Å². The Balaban J connectivity index is 3.07. The first kappa shape index (κ1) is 11.0. The highest BCUT2D eigenvalue weighted by molar-refractivity contribution is 7.08. The molecular weight excluding hydrogens is 219 g/mol. The van der Waals surface area contributed by atoms with E-state index in [1.165, 1.54) is 0 Å². The zero-order chi connectivity index (χ0) is 10.9. The number of alkyl halides is 3. The number of hydrogen-bond donors (Lipinski definition) is 2. The molecule has 0 spiro atoms. The monoisotopic (exact) mass is 225 g/mol. The molecule has 14 heavy (non-hydrogen) atoms. The molecule has 1 aromatic heterocycles. The van der Waals surface area contributed by atoms with E-state index in [4.69, 9.17) is 10.8 Å². The SMILES string of the molecule is NC(c1cscc1C(=O)O)C(F)(F)F. The highest BCUT2D eigenvalue weighted by Gasteiger charge is 2.40. The van der Waals surface area contributed by atoms with Gasteiger partial charge >= 0.3 is 12.1 Å². The molecule has 0 aliphatic carbocycles. The Bertz CT molecular complexity index is 347. The van der Waals surface area contributed by atoms with Crippen LogP contribution < -0.4 is 5.73 Å². The summed E-state index contributed by atoms with van der Waals surface area (Å²) >= 11 is 0.878. The van der Waals surface area contributed by atoms with Crippen molar-refractivity contribution in [2.24, 2.45) is 5.73 Å². The fourth-order valence-electron chi connectivity index (χ4n) is 0.898. The van der Waals surface area contributed by atoms with Gasteiger partial charge in [-0.25, -0.2) is 4.79 Å². The van der Waals surface area contributed by atoms with Crippen molar-refractivity contribution in [2.75, 3.05) is 0 Å². The first-order valence-corrected chi connectivity index (χ1v) is 4.40. The molecule has 0 fully saturated rings. The van der Waals surface area contributed by atoms with Gasteiger partial charge in [-0.15, -0.1) is 0 Å². The van der Waals surface area contributed by atoms with Gasteiger partial charge in [-0.2, -0.15) is 24.5 Å². The lowest BCUT2D eigenvalue weighted by Gasteiger charge is -2.14. The van der Waals surface area contributed by atoms with Crippen LogP contribution in [0.4, 0.5) is 13.2 Å². The quantitative estimate of drug-likeness (QED) is 0.809. The van der Waals surface area contributed by atoms with E-state index in [0.717, 1.165) is 22.1 Å². The second-order valence-electron chi connectivity index (χ2n) is 2.57. The third-order valence-electron chi connectivity index (χ3n) is 1.61. The van der Waals surface area contributed by atoms with Gasteiger partial charge in [0, 0.05) is 10.9 Å². The topological polar surface area (TPSA) is 63.3 Å². The van der Waals surface area contributed by atoms with Gasteiger partial charge in [0.15, 0.2) is 0 Å². The predicted octanol–water partition coefficient (Wildman–Crippen LogP) is 2.01. The van der Waals surface area contributed by atoms with Crippen molar-refractivity contribution < 1.29 is 23.1 Å². The van der Waals surface area contributed by atoms with Crippen LogP contribution in [0, 0.1) is 0 Å². The molecule has 0 aliphatic rings. The number of hydrogen-bond acceptors (Lipinski definition) is 3. The molecule has 0 aromatic carbocycles. The number of carbonyl (C=O) groups is 1. The zero-order valence-corrected chi connectivity index (χ0v) is 7.52. The molecule has 1 heterocycles. The standard InChI is InChI=1S/C7H6F3NO2S/c8-7(9,10)5(11)3-1-14-2-4(3)6(12)13/h1-2,5H,11H2,(H,12,13). The first-order valence-electron chi connectivity index (χ1n) is 3.45. The summed E-state index contributed by atoms with van der Waals surface area (Å²) in [6.45, 7) is 0. The van der Waals surface area contributed by atoms with Gasteiger partial charge in [-0.3, -0.25) is 0 Å². The summed E-state index contributed by atoms with van der Waals surface area (Å²) in [4.78, 5) is 10.5. The van der Waals surface area contributed by atoms with Crippen LogP contribution in [-0.4, -0.2) is 17.3 Å². The molecule has 3 nitrogen and oxygen atoms in total. The number of nitrogens with two attached hydrogens (primary N) is 1. The number of rotatable bonds is 2. The van der Waals surface area contributed by atoms with Crippen molar-refractivity contribution in [1.82, 2.24) is 0 Å². The van der Waals surface area contributed by atoms with Crippen LogP contribution >= 0.6 is 11.3 Å². The summed E-state index contributed by atoms with van der Waals surface area (Å²) in [5.41, 5.74) is 4.09. The maximum atomic E-state index is 12.1. The summed E-state index contributed by atoms with van der Waals surface area (Å²) in [7, 11) is 0. The third-order valence-corrected chi connectivity index (χ3v) is 2.37. The highest BCUT2D eigenvalue weighted by Crippen LogP contribution is 2.33. The fourth-order valence-corrected chi connectivity index (χ4v) is 1.76. The van der Waals surface area contributed by atoms with E-state index >= 15 is 0 Å². The molecule has 1 aromatic rings. The van der Waals surface area contributed by atoms with Crippen molar-refractivity contribution in [3.63, 3.8) is 0 Å². The molecule has 0 amide bonds. The lowest BCUT2D eigenvalue weighted by Crippen LogP contribution is -2.29. The van der Waals surface area contributed by atoms with Gasteiger partial charge in [0.05, 0.1) is 5.56 Å². The van der Waals surface area contributed by atoms with E-state index in [2.05, 4.69) is 0 Å². The van der Waals surface area contributed by atoms with Gasteiger partial charge in [0.1, 0.15) is 6.04 Å². The maximum absolute atomic E-state index is 12.1. The lowest BCUT2D eigenvalue weighted by molar-refractivity contribution is -0.149. The molecule has 0 saturated carbocycles. The summed E-state index contributed by atoms with van der Waals surface area (Å²) in [5, 5.41) is 10.8. The van der Waals surface area contributed by atoms with Crippen molar-refractivity contribution in [2.45, 2.75) is 12.2 Å². The third kappa shape index (κ3) is 2.05. The van der Waals surface area contributed by atoms with Crippen molar-refractivity contribution >= 4 is 17.3 Å². The molecule has 1 atom stereocenters. The van der Waals surface area contributed by atoms with E-state index in [9.17, 15) is 18.0 Å². The molecule has 0 bridgehead atoms. The Morgan fingerprint density at radius 1 is 1.50 bits per heavy atom. The van der Waals surface area contributed by atoms with E-state index in [-0.39, 0.29) is 5.56 Å². The summed E-state index contributed by atoms with van der Waals surface area (Å²) in [6, 6.07) is -2.24. The number of thiophene rings is 1. The molecule has 1 unspecified atom stereocenters. The molecule has 0 aliphatic heterocycles. The molecule has 78 valence electrons. The second-order valence-corrected chi connectivity index (χ2v) is 3.31. The Labute approximate surface area is 81.0 Å². The Hall–Kier alpha value is -1.08. The molecule has 3 N–H and O–H groups in total. The van der Waals surface area contributed by atoms with Crippen LogP contribution in [0.3, 0.4) is 0 Å². The predicted molar refractivity (Wildman–Crippen MR) is 44.3 cm³/mol. The van der Waals surface area contributed by atoms with Crippen LogP contribution in [0.5, 0.6) is 0 Å². The Morgan fingerprint density at radius 2 is 2.07 bits per heavy atom. The van der Waals surface area contributed by atoms with Crippen LogP contribution in [0.25, 0.3) is 0 Å². The minimum Gasteiger partial charge on any atom is -0.478 e. The molecular formula is C7H6F3NO2S. The van der Waals surface area contributed by atoms with Crippen molar-refractivity contribution in [3.8, 4) is 0 Å². The van der Waals surface area contributed by atoms with Gasteiger partial charge in [0.25, 0.3) is 0 Å². The first-order chi connectivity index (χ1) is 6.34. The number of carboxylic acid groups (broad SMARTS) is 1. The van der Waals surface area contributed by atoms with Crippen LogP contribution in [-0.2, 0) is 0 Å². The minimum absolute atomic E-state index is 0.389.